The fraction of sp³-hybridized carbons (Fsp3) is 0.308. The molecule has 21 heavy (non-hydrogen) atoms. The van der Waals surface area contributed by atoms with Crippen LogP contribution in [0.15, 0.2) is 18.2 Å². The van der Waals surface area contributed by atoms with Crippen LogP contribution in [-0.2, 0) is 11.3 Å². The first-order chi connectivity index (χ1) is 9.95. The Balaban J connectivity index is 2.06. The van der Waals surface area contributed by atoms with Gasteiger partial charge in [-0.15, -0.1) is 11.3 Å². The van der Waals surface area contributed by atoms with E-state index in [0.29, 0.717) is 17.2 Å². The lowest BCUT2D eigenvalue weighted by molar-refractivity contribution is -0.492. The monoisotopic (exact) mass is 313 g/mol. The Labute approximate surface area is 125 Å². The van der Waals surface area contributed by atoms with Crippen molar-refractivity contribution in [3.05, 3.63) is 40.2 Å². The number of anilines is 2. The Hall–Kier alpha value is -1.58. The highest BCUT2D eigenvalue weighted by Gasteiger charge is 2.10. The molecule has 1 heterocycles. The third kappa shape index (κ3) is 4.45. The van der Waals surface area contributed by atoms with Gasteiger partial charge >= 0.3 is 0 Å². The lowest BCUT2D eigenvalue weighted by Crippen LogP contribution is -2.16. The molecule has 2 aromatic rings. The second-order valence-electron chi connectivity index (χ2n) is 4.45. The molecule has 6 nitrogen and oxygen atoms in total. The topological polar surface area (TPSA) is 77.9 Å². The summed E-state index contributed by atoms with van der Waals surface area (Å²) >= 11 is 1.41. The van der Waals surface area contributed by atoms with Crippen LogP contribution in [0.1, 0.15) is 16.1 Å². The molecule has 0 aliphatic rings. The van der Waals surface area contributed by atoms with Gasteiger partial charge in [0.05, 0.1) is 17.7 Å². The van der Waals surface area contributed by atoms with Crippen molar-refractivity contribution in [2.24, 2.45) is 0 Å². The summed E-state index contributed by atoms with van der Waals surface area (Å²) in [5.74, 6) is -0.309. The van der Waals surface area contributed by atoms with Crippen LogP contribution in [-0.4, -0.2) is 27.4 Å². The highest BCUT2D eigenvalue weighted by molar-refractivity contribution is 7.15. The van der Waals surface area contributed by atoms with Crippen molar-refractivity contribution in [1.82, 2.24) is 10.4 Å². The molecule has 1 aromatic heterocycles. The average molecular weight is 313 g/mol. The van der Waals surface area contributed by atoms with Crippen molar-refractivity contribution in [3.63, 3.8) is 0 Å². The summed E-state index contributed by atoms with van der Waals surface area (Å²) in [6, 6.07) is 4.53. The molecule has 0 atom stereocenters. The summed E-state index contributed by atoms with van der Waals surface area (Å²) in [7, 11) is 0. The van der Waals surface area contributed by atoms with Crippen molar-refractivity contribution >= 4 is 22.2 Å². The van der Waals surface area contributed by atoms with Crippen LogP contribution in [0.2, 0.25) is 0 Å². The second kappa shape index (κ2) is 6.92. The zero-order valence-electron chi connectivity index (χ0n) is 11.6. The SMILES string of the molecule is Cc1ccc(F)cc1Nc1nc(C)c(CCON(O)O)s1. The molecule has 114 valence electrons. The van der Waals surface area contributed by atoms with Crippen LogP contribution in [0.25, 0.3) is 0 Å². The van der Waals surface area contributed by atoms with Crippen LogP contribution in [0.5, 0.6) is 0 Å². The first-order valence-electron chi connectivity index (χ1n) is 6.26. The van der Waals surface area contributed by atoms with Crippen LogP contribution in [0, 0.1) is 19.7 Å². The highest BCUT2D eigenvalue weighted by atomic mass is 32.1. The van der Waals surface area contributed by atoms with Gasteiger partial charge < -0.3 is 5.32 Å². The van der Waals surface area contributed by atoms with Crippen LogP contribution in [0.4, 0.5) is 15.2 Å². The van der Waals surface area contributed by atoms with E-state index in [0.717, 1.165) is 16.1 Å². The maximum atomic E-state index is 13.3. The van der Waals surface area contributed by atoms with E-state index in [-0.39, 0.29) is 17.8 Å². The lowest BCUT2D eigenvalue weighted by atomic mass is 10.2. The normalized spacial score (nSPS) is 11.1. The van der Waals surface area contributed by atoms with Crippen molar-refractivity contribution in [1.29, 1.82) is 0 Å². The van der Waals surface area contributed by atoms with Gasteiger partial charge in [-0.05, 0) is 31.5 Å². The first kappa shape index (κ1) is 15.8. The summed E-state index contributed by atoms with van der Waals surface area (Å²) in [6.45, 7) is 3.85. The summed E-state index contributed by atoms with van der Waals surface area (Å²) in [6.07, 6.45) is 0.491. The van der Waals surface area contributed by atoms with Gasteiger partial charge in [0.1, 0.15) is 5.82 Å². The molecule has 2 rings (SSSR count). The molecule has 0 fully saturated rings. The quantitative estimate of drug-likeness (QED) is 0.711. The molecule has 0 aliphatic carbocycles. The molecular formula is C13H16FN3O3S. The van der Waals surface area contributed by atoms with Crippen molar-refractivity contribution in [2.75, 3.05) is 11.9 Å². The Kier molecular flexibility index (Phi) is 5.21. The predicted octanol–water partition coefficient (Wildman–Crippen LogP) is 3.20. The van der Waals surface area contributed by atoms with Gasteiger partial charge in [0.2, 0.25) is 0 Å². The van der Waals surface area contributed by atoms with E-state index in [1.807, 2.05) is 13.8 Å². The zero-order chi connectivity index (χ0) is 15.4. The fourth-order valence-electron chi connectivity index (χ4n) is 1.78. The number of aromatic nitrogens is 1. The molecule has 0 amide bonds. The van der Waals surface area contributed by atoms with E-state index >= 15 is 0 Å². The number of nitrogens with zero attached hydrogens (tertiary/aromatic N) is 2. The van der Waals surface area contributed by atoms with E-state index in [9.17, 15) is 4.39 Å². The van der Waals surface area contributed by atoms with E-state index in [4.69, 9.17) is 10.4 Å². The van der Waals surface area contributed by atoms with E-state index in [1.165, 1.54) is 23.5 Å². The Morgan fingerprint density at radius 1 is 1.38 bits per heavy atom. The molecular weight excluding hydrogens is 297 g/mol. The van der Waals surface area contributed by atoms with Gasteiger partial charge in [-0.2, -0.15) is 0 Å². The van der Waals surface area contributed by atoms with Gasteiger partial charge in [0.25, 0.3) is 0 Å². The number of hydrogen-bond donors (Lipinski definition) is 3. The molecule has 8 heteroatoms. The van der Waals surface area contributed by atoms with Gasteiger partial charge in [-0.3, -0.25) is 15.3 Å². The molecule has 0 saturated heterocycles. The van der Waals surface area contributed by atoms with E-state index in [1.54, 1.807) is 6.07 Å². The predicted molar refractivity (Wildman–Crippen MR) is 76.3 cm³/mol. The largest absolute Gasteiger partial charge is 0.331 e. The van der Waals surface area contributed by atoms with Gasteiger partial charge in [-0.25, -0.2) is 9.37 Å². The third-order valence-electron chi connectivity index (χ3n) is 2.87. The van der Waals surface area contributed by atoms with Gasteiger partial charge in [-0.1, -0.05) is 6.07 Å². The molecule has 0 spiro atoms. The molecule has 1 aromatic carbocycles. The smallest absolute Gasteiger partial charge is 0.187 e. The van der Waals surface area contributed by atoms with E-state index in [2.05, 4.69) is 15.1 Å². The van der Waals surface area contributed by atoms with Gasteiger partial charge in [0, 0.05) is 17.0 Å². The number of aryl methyl sites for hydroxylation is 2. The number of nitrogens with one attached hydrogen (secondary N) is 1. The Morgan fingerprint density at radius 2 is 2.14 bits per heavy atom. The van der Waals surface area contributed by atoms with Crippen molar-refractivity contribution < 1.29 is 19.6 Å². The number of benzene rings is 1. The standard InChI is InChI=1S/C13H16FN3O3S/c1-8-3-4-10(14)7-11(8)16-13-15-9(2)12(21-13)5-6-20-17(18)19/h3-4,7,18-19H,5-6H2,1-2H3,(H,15,16). The number of halogens is 1. The third-order valence-corrected chi connectivity index (χ3v) is 4.00. The Morgan fingerprint density at radius 3 is 2.86 bits per heavy atom. The summed E-state index contributed by atoms with van der Waals surface area (Å²) < 4.78 is 13.3. The molecule has 0 radical (unpaired) electrons. The minimum Gasteiger partial charge on any atom is -0.331 e. The Bertz CT molecular complexity index is 619. The minimum absolute atomic E-state index is 0.120. The highest BCUT2D eigenvalue weighted by Crippen LogP contribution is 2.28. The van der Waals surface area contributed by atoms with Crippen LogP contribution in [0.3, 0.4) is 0 Å². The van der Waals surface area contributed by atoms with E-state index < -0.39 is 0 Å². The van der Waals surface area contributed by atoms with Crippen LogP contribution >= 0.6 is 11.3 Å². The number of hydrogen-bond acceptors (Lipinski definition) is 7. The first-order valence-corrected chi connectivity index (χ1v) is 7.07. The maximum Gasteiger partial charge on any atom is 0.187 e. The van der Waals surface area contributed by atoms with Crippen LogP contribution < -0.4 is 5.32 Å². The molecule has 0 unspecified atom stereocenters. The fourth-order valence-corrected chi connectivity index (χ4v) is 2.73. The minimum atomic E-state index is -0.314. The zero-order valence-corrected chi connectivity index (χ0v) is 12.4. The molecule has 0 saturated carbocycles. The summed E-state index contributed by atoms with van der Waals surface area (Å²) in [5.41, 5.74) is 2.41. The summed E-state index contributed by atoms with van der Waals surface area (Å²) in [5, 5.41) is 20.4. The average Bonchev–Trinajstić information content (AvgIpc) is 2.74. The molecule has 0 bridgehead atoms. The van der Waals surface area contributed by atoms with Crippen molar-refractivity contribution in [3.8, 4) is 0 Å². The molecule has 0 aliphatic heterocycles. The number of thiazole rings is 1. The van der Waals surface area contributed by atoms with Gasteiger partial charge in [0.15, 0.2) is 5.13 Å². The molecule has 3 N–H and O–H groups in total. The number of rotatable bonds is 6. The summed E-state index contributed by atoms with van der Waals surface area (Å²) in [4.78, 5) is 9.83. The lowest BCUT2D eigenvalue weighted by Gasteiger charge is -2.06. The second-order valence-corrected chi connectivity index (χ2v) is 5.53. The maximum absolute atomic E-state index is 13.3. The van der Waals surface area contributed by atoms with Crippen molar-refractivity contribution in [2.45, 2.75) is 20.3 Å².